The van der Waals surface area contributed by atoms with Gasteiger partial charge in [-0.2, -0.15) is 0 Å². The molecule has 1 aliphatic carbocycles. The maximum Gasteiger partial charge on any atom is 0.256 e. The number of aromatic nitrogens is 5. The van der Waals surface area contributed by atoms with Crippen molar-refractivity contribution in [2.45, 2.75) is 38.8 Å². The van der Waals surface area contributed by atoms with Crippen molar-refractivity contribution in [1.82, 2.24) is 29.6 Å². The largest absolute Gasteiger partial charge is 0.345 e. The molecule has 0 bridgehead atoms. The van der Waals surface area contributed by atoms with Crippen LogP contribution in [0.5, 0.6) is 0 Å². The molecule has 4 aromatic rings. The van der Waals surface area contributed by atoms with E-state index in [1.807, 2.05) is 34.9 Å². The lowest BCUT2D eigenvalue weighted by Crippen LogP contribution is -2.47. The zero-order valence-corrected chi connectivity index (χ0v) is 20.7. The van der Waals surface area contributed by atoms with Gasteiger partial charge in [-0.05, 0) is 57.0 Å². The number of nitrogens with zero attached hydrogens (tertiary/aromatic N) is 7. The minimum absolute atomic E-state index is 0.199. The smallest absolute Gasteiger partial charge is 0.256 e. The molecule has 0 unspecified atom stereocenters. The lowest BCUT2D eigenvalue weighted by Gasteiger charge is -2.34. The second-order valence-electron chi connectivity index (χ2n) is 9.45. The second kappa shape index (κ2) is 9.01. The van der Waals surface area contributed by atoms with E-state index < -0.39 is 0 Å². The van der Waals surface area contributed by atoms with Crippen LogP contribution in [0.25, 0.3) is 21.7 Å². The van der Waals surface area contributed by atoms with Crippen LogP contribution in [0.2, 0.25) is 0 Å². The van der Waals surface area contributed by atoms with Crippen LogP contribution in [0, 0.1) is 0 Å². The molecule has 1 aliphatic heterocycles. The molecule has 2 fully saturated rings. The van der Waals surface area contributed by atoms with E-state index in [2.05, 4.69) is 44.1 Å². The third-order valence-electron chi connectivity index (χ3n) is 6.64. The number of hydrogen-bond donors (Lipinski definition) is 1. The molecule has 2 aliphatic rings. The second-order valence-corrected chi connectivity index (χ2v) is 10.5. The van der Waals surface area contributed by atoms with E-state index >= 15 is 0 Å². The van der Waals surface area contributed by atoms with Gasteiger partial charge in [0.1, 0.15) is 17.8 Å². The van der Waals surface area contributed by atoms with Crippen LogP contribution in [0.1, 0.15) is 43.1 Å². The zero-order chi connectivity index (χ0) is 23.9. The fourth-order valence-corrected chi connectivity index (χ4v) is 5.58. The van der Waals surface area contributed by atoms with E-state index in [1.54, 1.807) is 23.7 Å². The van der Waals surface area contributed by atoms with Crippen molar-refractivity contribution in [3.8, 4) is 11.5 Å². The number of fused-ring (bicyclic) bond motifs is 1. The summed E-state index contributed by atoms with van der Waals surface area (Å²) in [6, 6.07) is 12.2. The maximum absolute atomic E-state index is 13.0. The third kappa shape index (κ3) is 4.51. The van der Waals surface area contributed by atoms with Crippen LogP contribution in [-0.2, 0) is 0 Å². The summed E-state index contributed by atoms with van der Waals surface area (Å²) in [5, 5.41) is 12.2. The summed E-state index contributed by atoms with van der Waals surface area (Å²) in [4.78, 5) is 27.4. The first kappa shape index (κ1) is 22.1. The molecule has 1 saturated heterocycles. The predicted molar refractivity (Wildman–Crippen MR) is 138 cm³/mol. The summed E-state index contributed by atoms with van der Waals surface area (Å²) >= 11 is 1.65. The summed E-state index contributed by atoms with van der Waals surface area (Å²) in [6.45, 7) is 8.36. The Morgan fingerprint density at radius 2 is 1.91 bits per heavy atom. The molecule has 9 nitrogen and oxygen atoms in total. The van der Waals surface area contributed by atoms with Crippen LogP contribution in [0.15, 0.2) is 42.7 Å². The highest BCUT2D eigenvalue weighted by atomic mass is 32.1. The van der Waals surface area contributed by atoms with Gasteiger partial charge in [-0.3, -0.25) is 9.69 Å². The molecule has 1 saturated carbocycles. The number of anilines is 2. The van der Waals surface area contributed by atoms with Crippen LogP contribution < -0.4 is 10.2 Å². The fourth-order valence-electron chi connectivity index (χ4n) is 4.53. The van der Waals surface area contributed by atoms with Gasteiger partial charge in [0.25, 0.3) is 5.91 Å². The molecule has 0 radical (unpaired) electrons. The third-order valence-corrected chi connectivity index (χ3v) is 7.72. The Labute approximate surface area is 207 Å². The van der Waals surface area contributed by atoms with Gasteiger partial charge in [-0.1, -0.05) is 17.4 Å². The molecule has 180 valence electrons. The number of nitrogens with one attached hydrogen (secondary N) is 1. The van der Waals surface area contributed by atoms with Crippen LogP contribution in [0.3, 0.4) is 0 Å². The summed E-state index contributed by atoms with van der Waals surface area (Å²) < 4.78 is 2.97. The molecule has 1 amide bonds. The van der Waals surface area contributed by atoms with E-state index in [0.29, 0.717) is 22.9 Å². The quantitative estimate of drug-likeness (QED) is 0.437. The highest BCUT2D eigenvalue weighted by molar-refractivity contribution is 7.22. The molecule has 6 rings (SSSR count). The van der Waals surface area contributed by atoms with E-state index in [0.717, 1.165) is 47.6 Å². The molecule has 1 N–H and O–H groups in total. The Balaban J connectivity index is 1.17. The molecule has 4 heterocycles. The van der Waals surface area contributed by atoms with Gasteiger partial charge < -0.3 is 14.8 Å². The molecular formula is C25H28N8OS. The van der Waals surface area contributed by atoms with Crippen molar-refractivity contribution >= 4 is 38.4 Å². The van der Waals surface area contributed by atoms with E-state index in [9.17, 15) is 4.79 Å². The van der Waals surface area contributed by atoms with Gasteiger partial charge in [-0.25, -0.2) is 9.97 Å². The van der Waals surface area contributed by atoms with Crippen molar-refractivity contribution in [2.75, 3.05) is 36.4 Å². The molecule has 0 atom stereocenters. The lowest BCUT2D eigenvalue weighted by atomic mass is 10.2. The maximum atomic E-state index is 13.0. The summed E-state index contributed by atoms with van der Waals surface area (Å²) in [6.07, 6.45) is 4.40. The Bertz CT molecular complexity index is 1370. The number of benzene rings is 1. The highest BCUT2D eigenvalue weighted by Gasteiger charge is 2.31. The summed E-state index contributed by atoms with van der Waals surface area (Å²) in [5.41, 5.74) is 2.18. The number of pyridine rings is 1. The Morgan fingerprint density at radius 3 is 2.69 bits per heavy atom. The Kier molecular flexibility index (Phi) is 5.69. The Morgan fingerprint density at radius 1 is 1.09 bits per heavy atom. The van der Waals surface area contributed by atoms with Gasteiger partial charge in [0, 0.05) is 43.8 Å². The van der Waals surface area contributed by atoms with E-state index in [4.69, 9.17) is 4.98 Å². The number of amides is 1. The number of carbonyl (C=O) groups excluding carboxylic acids is 1. The summed E-state index contributed by atoms with van der Waals surface area (Å²) in [5.74, 6) is 0.951. The van der Waals surface area contributed by atoms with Crippen molar-refractivity contribution in [3.05, 3.63) is 48.3 Å². The molecule has 0 spiro atoms. The fraction of sp³-hybridized carbons (Fsp3) is 0.400. The minimum atomic E-state index is -0.199. The first-order valence-electron chi connectivity index (χ1n) is 12.1. The number of carbonyl (C=O) groups is 1. The summed E-state index contributed by atoms with van der Waals surface area (Å²) in [7, 11) is 0. The van der Waals surface area contributed by atoms with Crippen molar-refractivity contribution in [2.24, 2.45) is 0 Å². The molecule has 3 aromatic heterocycles. The van der Waals surface area contributed by atoms with E-state index in [1.165, 1.54) is 12.8 Å². The van der Waals surface area contributed by atoms with Crippen molar-refractivity contribution < 1.29 is 4.79 Å². The topological polar surface area (TPSA) is 92.1 Å². The van der Waals surface area contributed by atoms with Gasteiger partial charge in [0.05, 0.1) is 10.2 Å². The van der Waals surface area contributed by atoms with Crippen LogP contribution in [0.4, 0.5) is 10.9 Å². The normalized spacial score (nSPS) is 16.8. The number of thiazole rings is 1. The van der Waals surface area contributed by atoms with Crippen LogP contribution in [-0.4, -0.2) is 67.8 Å². The molecule has 1 aromatic carbocycles. The number of hydrogen-bond acceptors (Lipinski definition) is 8. The SMILES string of the molecule is CC(C)n1cnnc1-c1cccc(NC(=O)c2ccc3nc(N4CCN(C5CC5)CC4)sc3c2)n1. The monoisotopic (exact) mass is 488 g/mol. The molecular weight excluding hydrogens is 460 g/mol. The van der Waals surface area contributed by atoms with Gasteiger partial charge in [-0.15, -0.1) is 10.2 Å². The average Bonchev–Trinajstić information content (AvgIpc) is 3.43. The minimum Gasteiger partial charge on any atom is -0.345 e. The van der Waals surface area contributed by atoms with Gasteiger partial charge in [0.15, 0.2) is 11.0 Å². The van der Waals surface area contributed by atoms with Gasteiger partial charge in [0.2, 0.25) is 0 Å². The van der Waals surface area contributed by atoms with E-state index in [-0.39, 0.29) is 11.9 Å². The predicted octanol–water partition coefficient (Wildman–Crippen LogP) is 4.07. The Hall–Kier alpha value is -3.37. The number of rotatable bonds is 6. The zero-order valence-electron chi connectivity index (χ0n) is 19.9. The first-order valence-corrected chi connectivity index (χ1v) is 12.9. The average molecular weight is 489 g/mol. The number of piperazine rings is 1. The molecule has 10 heteroatoms. The van der Waals surface area contributed by atoms with Crippen LogP contribution >= 0.6 is 11.3 Å². The molecule has 35 heavy (non-hydrogen) atoms. The lowest BCUT2D eigenvalue weighted by molar-refractivity contribution is 0.102. The first-order chi connectivity index (χ1) is 17.0. The van der Waals surface area contributed by atoms with Crippen molar-refractivity contribution in [3.63, 3.8) is 0 Å². The van der Waals surface area contributed by atoms with Crippen molar-refractivity contribution in [1.29, 1.82) is 0 Å². The van der Waals surface area contributed by atoms with Gasteiger partial charge >= 0.3 is 0 Å². The highest BCUT2D eigenvalue weighted by Crippen LogP contribution is 2.32. The standard InChI is InChI=1S/C25H28N8OS/c1-16(2)33-15-26-30-23(33)20-4-3-5-22(27-20)29-24(34)17-6-9-19-21(14-17)35-25(28-19)32-12-10-31(11-13-32)18-7-8-18/h3-6,9,14-16,18H,7-8,10-13H2,1-2H3,(H,27,29,34).